The highest BCUT2D eigenvalue weighted by atomic mass is 32.2. The number of nitrogens with one attached hydrogen (secondary N) is 3. The number of hydrogen-bond acceptors (Lipinski definition) is 3. The van der Waals surface area contributed by atoms with E-state index in [-0.39, 0.29) is 6.04 Å². The summed E-state index contributed by atoms with van der Waals surface area (Å²) in [6, 6.07) is 0.0126. The van der Waals surface area contributed by atoms with Crippen molar-refractivity contribution in [3.05, 3.63) is 0 Å². The third-order valence-corrected chi connectivity index (χ3v) is 3.58. The van der Waals surface area contributed by atoms with Crippen LogP contribution in [0.4, 0.5) is 0 Å². The van der Waals surface area contributed by atoms with Crippen LogP contribution in [0.1, 0.15) is 33.6 Å². The van der Waals surface area contributed by atoms with Crippen molar-refractivity contribution in [2.24, 2.45) is 0 Å². The lowest BCUT2D eigenvalue weighted by Gasteiger charge is -2.26. The molecule has 0 unspecified atom stereocenters. The lowest BCUT2D eigenvalue weighted by molar-refractivity contribution is 0.417. The second-order valence-electron chi connectivity index (χ2n) is 5.02. The summed E-state index contributed by atoms with van der Waals surface area (Å²) in [6.45, 7) is 7.16. The predicted molar refractivity (Wildman–Crippen MR) is 60.8 cm³/mol. The monoisotopic (exact) mass is 235 g/mol. The first-order valence-electron chi connectivity index (χ1n) is 5.30. The van der Waals surface area contributed by atoms with Crippen LogP contribution in [0.15, 0.2) is 0 Å². The van der Waals surface area contributed by atoms with E-state index in [1.54, 1.807) is 0 Å². The summed E-state index contributed by atoms with van der Waals surface area (Å²) in [5.41, 5.74) is -0.437. The molecule has 3 N–H and O–H groups in total. The summed E-state index contributed by atoms with van der Waals surface area (Å²) >= 11 is 0. The lowest BCUT2D eigenvalue weighted by Crippen LogP contribution is -2.53. The molecule has 0 spiro atoms. The zero-order valence-corrected chi connectivity index (χ0v) is 10.4. The predicted octanol–water partition coefficient (Wildman–Crippen LogP) is -0.0391. The van der Waals surface area contributed by atoms with E-state index in [1.165, 1.54) is 0 Å². The van der Waals surface area contributed by atoms with Gasteiger partial charge in [-0.25, -0.2) is 0 Å². The third-order valence-electron chi connectivity index (χ3n) is 2.06. The van der Waals surface area contributed by atoms with Gasteiger partial charge in [-0.3, -0.25) is 0 Å². The first kappa shape index (κ1) is 12.9. The van der Waals surface area contributed by atoms with E-state index in [0.717, 1.165) is 19.4 Å². The van der Waals surface area contributed by atoms with Gasteiger partial charge in [0.05, 0.1) is 0 Å². The molecule has 1 aliphatic rings. The van der Waals surface area contributed by atoms with Crippen molar-refractivity contribution in [2.45, 2.75) is 45.2 Å². The van der Waals surface area contributed by atoms with Gasteiger partial charge in [0, 0.05) is 18.1 Å². The molecule has 15 heavy (non-hydrogen) atoms. The van der Waals surface area contributed by atoms with Crippen molar-refractivity contribution in [2.75, 3.05) is 13.1 Å². The van der Waals surface area contributed by atoms with Crippen LogP contribution in [-0.4, -0.2) is 33.1 Å². The molecule has 0 aromatic carbocycles. The Bertz CT molecular complexity index is 289. The maximum absolute atomic E-state index is 11.7. The van der Waals surface area contributed by atoms with Gasteiger partial charge in [0.15, 0.2) is 0 Å². The van der Waals surface area contributed by atoms with Crippen LogP contribution >= 0.6 is 0 Å². The zero-order valence-electron chi connectivity index (χ0n) is 9.63. The van der Waals surface area contributed by atoms with Gasteiger partial charge in [0.25, 0.3) is 10.2 Å². The highest BCUT2D eigenvalue weighted by Crippen LogP contribution is 2.05. The fourth-order valence-electron chi connectivity index (χ4n) is 1.60. The smallest absolute Gasteiger partial charge is 0.277 e. The number of hydrogen-bond donors (Lipinski definition) is 3. The Morgan fingerprint density at radius 3 is 2.47 bits per heavy atom. The Balaban J connectivity index is 2.48. The molecule has 1 heterocycles. The van der Waals surface area contributed by atoms with Gasteiger partial charge in [0.2, 0.25) is 0 Å². The highest BCUT2D eigenvalue weighted by Gasteiger charge is 2.23. The first-order chi connectivity index (χ1) is 6.79. The molecular weight excluding hydrogens is 214 g/mol. The van der Waals surface area contributed by atoms with E-state index in [0.29, 0.717) is 6.54 Å². The Labute approximate surface area is 92.2 Å². The fraction of sp³-hybridized carbons (Fsp3) is 1.00. The zero-order chi connectivity index (χ0) is 11.5. The average Bonchev–Trinajstić information content (AvgIpc) is 1.99. The van der Waals surface area contributed by atoms with Gasteiger partial charge in [-0.2, -0.15) is 17.9 Å². The van der Waals surface area contributed by atoms with Crippen LogP contribution in [0.25, 0.3) is 0 Å². The summed E-state index contributed by atoms with van der Waals surface area (Å²) in [5.74, 6) is 0. The van der Waals surface area contributed by atoms with E-state index in [1.807, 2.05) is 20.8 Å². The van der Waals surface area contributed by atoms with Crippen molar-refractivity contribution >= 4 is 10.2 Å². The molecule has 1 saturated heterocycles. The van der Waals surface area contributed by atoms with Gasteiger partial charge >= 0.3 is 0 Å². The largest absolute Gasteiger partial charge is 0.315 e. The summed E-state index contributed by atoms with van der Waals surface area (Å²) in [5, 5.41) is 3.17. The highest BCUT2D eigenvalue weighted by molar-refractivity contribution is 7.87. The van der Waals surface area contributed by atoms with Gasteiger partial charge in [-0.05, 0) is 40.2 Å². The number of rotatable bonds is 3. The summed E-state index contributed by atoms with van der Waals surface area (Å²) < 4.78 is 28.6. The average molecular weight is 235 g/mol. The van der Waals surface area contributed by atoms with E-state index in [2.05, 4.69) is 14.8 Å². The van der Waals surface area contributed by atoms with Gasteiger partial charge in [-0.15, -0.1) is 0 Å². The van der Waals surface area contributed by atoms with Crippen molar-refractivity contribution in [3.63, 3.8) is 0 Å². The molecule has 0 radical (unpaired) electrons. The van der Waals surface area contributed by atoms with Gasteiger partial charge < -0.3 is 5.32 Å². The topological polar surface area (TPSA) is 70.2 Å². The minimum atomic E-state index is -3.38. The first-order valence-corrected chi connectivity index (χ1v) is 6.79. The molecule has 1 aliphatic heterocycles. The molecule has 90 valence electrons. The van der Waals surface area contributed by atoms with E-state index >= 15 is 0 Å². The Hall–Kier alpha value is -0.170. The van der Waals surface area contributed by atoms with E-state index in [4.69, 9.17) is 0 Å². The summed E-state index contributed by atoms with van der Waals surface area (Å²) in [6.07, 6.45) is 1.92. The summed E-state index contributed by atoms with van der Waals surface area (Å²) in [7, 11) is -3.38. The van der Waals surface area contributed by atoms with Crippen LogP contribution < -0.4 is 14.8 Å². The standard InChI is InChI=1S/C9H21N3O2S/c1-9(2,3)12-15(13,14)11-8-5-4-6-10-7-8/h8,10-12H,4-7H2,1-3H3/t8-/m0/s1. The van der Waals surface area contributed by atoms with Crippen molar-refractivity contribution in [1.29, 1.82) is 0 Å². The van der Waals surface area contributed by atoms with Crippen molar-refractivity contribution in [3.8, 4) is 0 Å². The van der Waals surface area contributed by atoms with E-state index in [9.17, 15) is 8.42 Å². The maximum Gasteiger partial charge on any atom is 0.277 e. The van der Waals surface area contributed by atoms with Gasteiger partial charge in [0.1, 0.15) is 0 Å². The van der Waals surface area contributed by atoms with Crippen LogP contribution in [0.2, 0.25) is 0 Å². The van der Waals surface area contributed by atoms with E-state index < -0.39 is 15.7 Å². The number of piperidine rings is 1. The second-order valence-corrected chi connectivity index (χ2v) is 6.46. The lowest BCUT2D eigenvalue weighted by atomic mass is 10.1. The summed E-state index contributed by atoms with van der Waals surface area (Å²) in [4.78, 5) is 0. The third kappa shape index (κ3) is 5.46. The molecule has 1 rings (SSSR count). The van der Waals surface area contributed by atoms with Gasteiger partial charge in [-0.1, -0.05) is 0 Å². The molecule has 0 aliphatic carbocycles. The Morgan fingerprint density at radius 2 is 2.00 bits per heavy atom. The molecule has 5 nitrogen and oxygen atoms in total. The van der Waals surface area contributed by atoms with Crippen molar-refractivity contribution < 1.29 is 8.42 Å². The normalized spacial score (nSPS) is 24.1. The van der Waals surface area contributed by atoms with Crippen molar-refractivity contribution in [1.82, 2.24) is 14.8 Å². The Kier molecular flexibility index (Phi) is 4.11. The minimum Gasteiger partial charge on any atom is -0.315 e. The van der Waals surface area contributed by atoms with Crippen LogP contribution in [0.3, 0.4) is 0 Å². The molecule has 1 fully saturated rings. The van der Waals surface area contributed by atoms with Crippen LogP contribution in [0.5, 0.6) is 0 Å². The minimum absolute atomic E-state index is 0.0126. The molecule has 0 amide bonds. The second kappa shape index (κ2) is 4.78. The molecule has 6 heteroatoms. The molecular formula is C9H21N3O2S. The molecule has 0 saturated carbocycles. The molecule has 0 aromatic rings. The van der Waals surface area contributed by atoms with Crippen LogP contribution in [-0.2, 0) is 10.2 Å². The maximum atomic E-state index is 11.7. The Morgan fingerprint density at radius 1 is 1.33 bits per heavy atom. The molecule has 0 bridgehead atoms. The molecule has 0 aromatic heterocycles. The SMILES string of the molecule is CC(C)(C)NS(=O)(=O)N[C@H]1CCCNC1. The fourth-order valence-corrected chi connectivity index (χ4v) is 3.11. The quantitative estimate of drug-likeness (QED) is 0.643. The molecule has 1 atom stereocenters. The van der Waals surface area contributed by atoms with Crippen LogP contribution in [0, 0.1) is 0 Å².